The maximum atomic E-state index is 5.63. The minimum atomic E-state index is 0.169. The molecule has 0 atom stereocenters. The monoisotopic (exact) mass is 262 g/mol. The molecule has 2 N–H and O–H groups in total. The Morgan fingerprint density at radius 3 is 2.58 bits per heavy atom. The summed E-state index contributed by atoms with van der Waals surface area (Å²) in [5, 5.41) is 0. The first kappa shape index (κ1) is 13.3. The zero-order valence-electron chi connectivity index (χ0n) is 11.6. The molecule has 0 amide bonds. The molecular weight excluding hydrogens is 244 g/mol. The van der Waals surface area contributed by atoms with E-state index in [1.165, 1.54) is 0 Å². The highest BCUT2D eigenvalue weighted by Crippen LogP contribution is 2.39. The molecule has 19 heavy (non-hydrogen) atoms. The molecule has 1 aromatic heterocycles. The molecule has 2 rings (SSSR count). The van der Waals surface area contributed by atoms with Crippen molar-refractivity contribution in [2.75, 3.05) is 20.0 Å². The van der Waals surface area contributed by atoms with Gasteiger partial charge in [-0.2, -0.15) is 4.98 Å². The lowest BCUT2D eigenvalue weighted by Crippen LogP contribution is -1.96. The molecule has 0 spiro atoms. The number of aryl methyl sites for hydroxylation is 1. The van der Waals surface area contributed by atoms with Gasteiger partial charge in [0.2, 0.25) is 0 Å². The van der Waals surface area contributed by atoms with E-state index in [9.17, 15) is 0 Å². The van der Waals surface area contributed by atoms with Crippen molar-refractivity contribution in [1.29, 1.82) is 0 Å². The van der Waals surface area contributed by atoms with E-state index in [0.29, 0.717) is 11.5 Å². The molecule has 0 saturated carbocycles. The second kappa shape index (κ2) is 5.22. The van der Waals surface area contributed by atoms with Crippen LogP contribution in [-0.4, -0.2) is 19.2 Å². The van der Waals surface area contributed by atoms with Gasteiger partial charge in [-0.25, -0.2) is 0 Å². The van der Waals surface area contributed by atoms with Crippen LogP contribution in [0.15, 0.2) is 16.5 Å². The van der Waals surface area contributed by atoms with Crippen LogP contribution in [0.1, 0.15) is 18.2 Å². The average Bonchev–Trinajstić information content (AvgIpc) is 2.79. The number of nitrogens with two attached hydrogens (primary N) is 1. The minimum absolute atomic E-state index is 0.169. The molecule has 1 heterocycles. The van der Waals surface area contributed by atoms with Crippen LogP contribution in [0.4, 0.5) is 6.01 Å². The average molecular weight is 262 g/mol. The summed E-state index contributed by atoms with van der Waals surface area (Å²) in [5.41, 5.74) is 8.21. The summed E-state index contributed by atoms with van der Waals surface area (Å²) in [4.78, 5) is 4.18. The molecule has 0 fully saturated rings. The number of nitrogen functional groups attached to an aromatic ring is 1. The lowest BCUT2D eigenvalue weighted by atomic mass is 10.0. The molecule has 5 heteroatoms. The molecule has 0 saturated heterocycles. The van der Waals surface area contributed by atoms with Crippen LogP contribution in [0, 0.1) is 6.92 Å². The van der Waals surface area contributed by atoms with Crippen LogP contribution in [0.2, 0.25) is 0 Å². The Bertz CT molecular complexity index is 591. The summed E-state index contributed by atoms with van der Waals surface area (Å²) >= 11 is 0. The third kappa shape index (κ3) is 2.23. The summed E-state index contributed by atoms with van der Waals surface area (Å²) < 4.78 is 16.3. The summed E-state index contributed by atoms with van der Waals surface area (Å²) in [7, 11) is 3.25. The van der Waals surface area contributed by atoms with E-state index in [2.05, 4.69) is 4.98 Å². The number of ether oxygens (including phenoxy) is 2. The number of aromatic nitrogens is 1. The second-order valence-electron chi connectivity index (χ2n) is 4.16. The van der Waals surface area contributed by atoms with Gasteiger partial charge in [-0.05, 0) is 25.5 Å². The fourth-order valence-corrected chi connectivity index (χ4v) is 2.16. The molecule has 0 bridgehead atoms. The van der Waals surface area contributed by atoms with Gasteiger partial charge in [0.1, 0.15) is 11.5 Å². The van der Waals surface area contributed by atoms with Gasteiger partial charge in [-0.15, -0.1) is 0 Å². The Kier molecular flexibility index (Phi) is 3.64. The highest BCUT2D eigenvalue weighted by molar-refractivity contribution is 5.72. The van der Waals surface area contributed by atoms with Crippen LogP contribution >= 0.6 is 0 Å². The van der Waals surface area contributed by atoms with Crippen molar-refractivity contribution in [2.24, 2.45) is 0 Å². The number of oxazole rings is 1. The van der Waals surface area contributed by atoms with Gasteiger partial charge in [0.05, 0.1) is 25.5 Å². The lowest BCUT2D eigenvalue weighted by molar-refractivity contribution is 0.389. The Morgan fingerprint density at radius 1 is 1.26 bits per heavy atom. The van der Waals surface area contributed by atoms with Gasteiger partial charge in [-0.1, -0.05) is 6.92 Å². The highest BCUT2D eigenvalue weighted by atomic mass is 16.5. The van der Waals surface area contributed by atoms with E-state index in [0.717, 1.165) is 29.0 Å². The van der Waals surface area contributed by atoms with Crippen LogP contribution in [-0.2, 0) is 6.42 Å². The van der Waals surface area contributed by atoms with E-state index in [-0.39, 0.29) is 6.01 Å². The van der Waals surface area contributed by atoms with E-state index in [4.69, 9.17) is 19.6 Å². The van der Waals surface area contributed by atoms with Gasteiger partial charge in [0, 0.05) is 5.56 Å². The summed E-state index contributed by atoms with van der Waals surface area (Å²) in [6, 6.07) is 3.94. The van der Waals surface area contributed by atoms with E-state index >= 15 is 0 Å². The third-order valence-electron chi connectivity index (χ3n) is 3.07. The van der Waals surface area contributed by atoms with Gasteiger partial charge >= 0.3 is 0 Å². The fourth-order valence-electron chi connectivity index (χ4n) is 2.16. The van der Waals surface area contributed by atoms with Gasteiger partial charge in [-0.3, -0.25) is 0 Å². The maximum absolute atomic E-state index is 5.63. The number of hydrogen-bond acceptors (Lipinski definition) is 5. The Balaban J connectivity index is 2.65. The molecule has 0 aliphatic rings. The van der Waals surface area contributed by atoms with Crippen LogP contribution in [0.3, 0.4) is 0 Å². The van der Waals surface area contributed by atoms with Crippen molar-refractivity contribution in [2.45, 2.75) is 20.3 Å². The number of anilines is 1. The van der Waals surface area contributed by atoms with Crippen molar-refractivity contribution in [3.05, 3.63) is 23.4 Å². The molecule has 0 radical (unpaired) electrons. The van der Waals surface area contributed by atoms with Gasteiger partial charge < -0.3 is 19.6 Å². The molecule has 0 unspecified atom stereocenters. The first-order valence-corrected chi connectivity index (χ1v) is 6.09. The van der Waals surface area contributed by atoms with Crippen molar-refractivity contribution in [1.82, 2.24) is 4.98 Å². The number of rotatable bonds is 4. The molecule has 2 aromatic rings. The molecule has 102 valence electrons. The zero-order valence-corrected chi connectivity index (χ0v) is 11.6. The topological polar surface area (TPSA) is 70.5 Å². The number of hydrogen-bond donors (Lipinski definition) is 1. The third-order valence-corrected chi connectivity index (χ3v) is 3.07. The van der Waals surface area contributed by atoms with E-state index in [1.807, 2.05) is 26.0 Å². The molecule has 0 aliphatic carbocycles. The first-order chi connectivity index (χ1) is 9.12. The Morgan fingerprint density at radius 2 is 2.00 bits per heavy atom. The summed E-state index contributed by atoms with van der Waals surface area (Å²) in [6.45, 7) is 3.94. The standard InChI is InChI=1S/C14H18N2O3/c1-5-10-13(19-14(15)16-10)9-6-7-11(17-3)8(2)12(9)18-4/h6-7H,5H2,1-4H3,(H2,15,16). The summed E-state index contributed by atoms with van der Waals surface area (Å²) in [6.07, 6.45) is 0.740. The SMILES string of the molecule is CCc1nc(N)oc1-c1ccc(OC)c(C)c1OC. The van der Waals surface area contributed by atoms with Crippen molar-refractivity contribution >= 4 is 6.01 Å². The first-order valence-electron chi connectivity index (χ1n) is 6.09. The van der Waals surface area contributed by atoms with Crippen molar-refractivity contribution < 1.29 is 13.9 Å². The van der Waals surface area contributed by atoms with E-state index in [1.54, 1.807) is 14.2 Å². The largest absolute Gasteiger partial charge is 0.496 e. The zero-order chi connectivity index (χ0) is 14.0. The predicted molar refractivity (Wildman–Crippen MR) is 73.6 cm³/mol. The smallest absolute Gasteiger partial charge is 0.292 e. The number of nitrogens with zero attached hydrogens (tertiary/aromatic N) is 1. The number of benzene rings is 1. The quantitative estimate of drug-likeness (QED) is 0.917. The maximum Gasteiger partial charge on any atom is 0.292 e. The molecule has 5 nitrogen and oxygen atoms in total. The van der Waals surface area contributed by atoms with E-state index < -0.39 is 0 Å². The van der Waals surface area contributed by atoms with Gasteiger partial charge in [0.15, 0.2) is 5.76 Å². The second-order valence-corrected chi connectivity index (χ2v) is 4.16. The van der Waals surface area contributed by atoms with Crippen molar-refractivity contribution in [3.8, 4) is 22.8 Å². The normalized spacial score (nSPS) is 10.5. The number of methoxy groups -OCH3 is 2. The molecule has 1 aromatic carbocycles. The van der Waals surface area contributed by atoms with Crippen LogP contribution < -0.4 is 15.2 Å². The van der Waals surface area contributed by atoms with Gasteiger partial charge in [0.25, 0.3) is 6.01 Å². The fraction of sp³-hybridized carbons (Fsp3) is 0.357. The Hall–Kier alpha value is -2.17. The predicted octanol–water partition coefficient (Wildman–Crippen LogP) is 2.81. The highest BCUT2D eigenvalue weighted by Gasteiger charge is 2.19. The summed E-state index contributed by atoms with van der Waals surface area (Å²) in [5.74, 6) is 2.14. The molecular formula is C14H18N2O3. The van der Waals surface area contributed by atoms with Crippen LogP contribution in [0.25, 0.3) is 11.3 Å². The Labute approximate surface area is 112 Å². The van der Waals surface area contributed by atoms with Crippen molar-refractivity contribution in [3.63, 3.8) is 0 Å². The van der Waals surface area contributed by atoms with Crippen LogP contribution in [0.5, 0.6) is 11.5 Å². The molecule has 0 aliphatic heterocycles. The lowest BCUT2D eigenvalue weighted by Gasteiger charge is -2.13. The minimum Gasteiger partial charge on any atom is -0.496 e.